The van der Waals surface area contributed by atoms with E-state index in [1.807, 2.05) is 18.2 Å². The van der Waals surface area contributed by atoms with Crippen LogP contribution in [0.2, 0.25) is 0 Å². The largest absolute Gasteiger partial charge is 0.384 e. The van der Waals surface area contributed by atoms with Crippen molar-refractivity contribution in [3.05, 3.63) is 65.0 Å². The number of hydrogen-bond donors (Lipinski definition) is 5. The smallest absolute Gasteiger partial charge is 0.260 e. The van der Waals surface area contributed by atoms with Crippen molar-refractivity contribution in [2.45, 2.75) is 45.3 Å². The highest BCUT2D eigenvalue weighted by Gasteiger charge is 2.24. The van der Waals surface area contributed by atoms with E-state index < -0.39 is 5.60 Å². The third-order valence-electron chi connectivity index (χ3n) is 7.48. The zero-order chi connectivity index (χ0) is 27.4. The fourth-order valence-electron chi connectivity index (χ4n) is 5.04. The molecule has 1 amide bonds. The van der Waals surface area contributed by atoms with Gasteiger partial charge in [-0.25, -0.2) is 10.3 Å². The van der Waals surface area contributed by atoms with E-state index >= 15 is 0 Å². The maximum absolute atomic E-state index is 13.3. The molecule has 2 aromatic heterocycles. The lowest BCUT2D eigenvalue weighted by Crippen LogP contribution is -2.73. The molecular weight excluding hydrogens is 492 g/mol. The second-order valence-electron chi connectivity index (χ2n) is 11.1. The average Bonchev–Trinajstić information content (AvgIpc) is 2.92. The van der Waals surface area contributed by atoms with Crippen molar-refractivity contribution in [3.8, 4) is 0 Å². The summed E-state index contributed by atoms with van der Waals surface area (Å²) in [5.74, 6) is 1.73. The highest BCUT2D eigenvalue weighted by atomic mass is 16.3. The molecule has 2 aliphatic rings. The van der Waals surface area contributed by atoms with Gasteiger partial charge in [-0.1, -0.05) is 12.1 Å². The molecule has 0 saturated carbocycles. The van der Waals surface area contributed by atoms with Gasteiger partial charge in [-0.05, 0) is 95.0 Å². The summed E-state index contributed by atoms with van der Waals surface area (Å²) in [6.07, 6.45) is 4.69. The number of aromatic nitrogens is 3. The van der Waals surface area contributed by atoms with Gasteiger partial charge in [0.05, 0.1) is 11.9 Å². The number of nitrogens with one attached hydrogen (secondary N) is 3. The van der Waals surface area contributed by atoms with Crippen LogP contribution in [-0.4, -0.2) is 64.1 Å². The van der Waals surface area contributed by atoms with Crippen molar-refractivity contribution in [1.82, 2.24) is 30.5 Å². The molecule has 1 fully saturated rings. The number of rotatable bonds is 8. The molecule has 2 aliphatic heterocycles. The van der Waals surface area contributed by atoms with Crippen molar-refractivity contribution in [3.63, 3.8) is 0 Å². The Kier molecular flexibility index (Phi) is 8.18. The molecule has 0 radical (unpaired) electrons. The predicted molar refractivity (Wildman–Crippen MR) is 150 cm³/mol. The summed E-state index contributed by atoms with van der Waals surface area (Å²) in [5.41, 5.74) is 3.36. The van der Waals surface area contributed by atoms with E-state index in [-0.39, 0.29) is 5.91 Å². The van der Waals surface area contributed by atoms with Crippen LogP contribution in [0.1, 0.15) is 53.9 Å². The third kappa shape index (κ3) is 6.96. The lowest BCUT2D eigenvalue weighted by molar-refractivity contribution is -0.487. The van der Waals surface area contributed by atoms with Gasteiger partial charge in [-0.15, -0.1) is 0 Å². The number of likely N-dealkylation sites (tertiary alicyclic amines) is 1. The molecule has 0 unspecified atom stereocenters. The number of anilines is 2. The van der Waals surface area contributed by atoms with Crippen molar-refractivity contribution in [2.24, 2.45) is 5.92 Å². The first kappa shape index (κ1) is 27.1. The first-order valence-corrected chi connectivity index (χ1v) is 13.7. The summed E-state index contributed by atoms with van der Waals surface area (Å²) in [6, 6.07) is 11.7. The summed E-state index contributed by atoms with van der Waals surface area (Å²) in [4.78, 5) is 29.5. The number of carbonyl (C=O) groups excluding carboxylic acids is 1. The number of pyridine rings is 1. The van der Waals surface area contributed by atoms with Crippen LogP contribution in [0.15, 0.2) is 42.6 Å². The molecule has 3 aromatic rings. The van der Waals surface area contributed by atoms with Gasteiger partial charge in [0.1, 0.15) is 11.2 Å². The summed E-state index contributed by atoms with van der Waals surface area (Å²) < 4.78 is 0. The first-order chi connectivity index (χ1) is 18.7. The van der Waals surface area contributed by atoms with Gasteiger partial charge in [-0.3, -0.25) is 4.79 Å². The van der Waals surface area contributed by atoms with Gasteiger partial charge in [-0.2, -0.15) is 9.97 Å². The molecule has 0 bridgehead atoms. The monoisotopic (exact) mass is 531 g/mol. The number of fused-ring (bicyclic) bond motifs is 1. The number of quaternary nitrogens is 1. The third-order valence-corrected chi connectivity index (χ3v) is 7.48. The Morgan fingerprint density at radius 1 is 1.18 bits per heavy atom. The van der Waals surface area contributed by atoms with Crippen molar-refractivity contribution in [1.29, 1.82) is 0 Å². The van der Waals surface area contributed by atoms with Crippen molar-refractivity contribution >= 4 is 29.2 Å². The molecule has 0 atom stereocenters. The average molecular weight is 532 g/mol. The van der Waals surface area contributed by atoms with Gasteiger partial charge < -0.3 is 26.0 Å². The standard InChI is InChI=1S/C29H38N8O2/c1-29(2,39)24-5-4-6-25(34-24)35-26-23(27(38)31-16-19-10-13-37(3)14-11-19)18-32-28(36-26)33-22-8-7-21-17-30-12-9-20(21)15-22/h4-8,15,18-19,30,39H,9-14,16-17H2,1-3H3,(H,31,38)(H2,32,33,34,35,36)/p+1. The highest BCUT2D eigenvalue weighted by molar-refractivity contribution is 5.97. The number of nitrogens with two attached hydrogens (primary N) is 1. The number of nitrogens with zero attached hydrogens (tertiary/aromatic N) is 4. The second kappa shape index (κ2) is 11.7. The van der Waals surface area contributed by atoms with E-state index in [0.29, 0.717) is 41.3 Å². The summed E-state index contributed by atoms with van der Waals surface area (Å²) in [5, 5.41) is 22.0. The summed E-state index contributed by atoms with van der Waals surface area (Å²) in [6.45, 7) is 7.96. The Balaban J connectivity index is 1.38. The topological polar surface area (TPSA) is 132 Å². The van der Waals surface area contributed by atoms with E-state index in [0.717, 1.165) is 51.1 Å². The number of carbonyl (C=O) groups is 1. The number of benzene rings is 1. The second-order valence-corrected chi connectivity index (χ2v) is 11.1. The fraction of sp³-hybridized carbons (Fsp3) is 0.448. The molecule has 10 nitrogen and oxygen atoms in total. The molecule has 4 heterocycles. The van der Waals surface area contributed by atoms with Crippen LogP contribution in [-0.2, 0) is 18.6 Å². The molecule has 6 N–H and O–H groups in total. The molecule has 39 heavy (non-hydrogen) atoms. The Hall–Kier alpha value is -3.44. The first-order valence-electron chi connectivity index (χ1n) is 13.7. The maximum Gasteiger partial charge on any atom is 0.260 e. The highest BCUT2D eigenvalue weighted by Crippen LogP contribution is 2.23. The maximum atomic E-state index is 13.3. The van der Waals surface area contributed by atoms with E-state index in [9.17, 15) is 9.90 Å². The molecule has 10 heteroatoms. The summed E-state index contributed by atoms with van der Waals surface area (Å²) >= 11 is 0. The molecule has 1 aromatic carbocycles. The fourth-order valence-corrected chi connectivity index (χ4v) is 5.04. The van der Waals surface area contributed by atoms with Gasteiger partial charge in [0.25, 0.3) is 5.91 Å². The number of aliphatic hydroxyl groups is 1. The van der Waals surface area contributed by atoms with Crippen molar-refractivity contribution in [2.75, 3.05) is 38.5 Å². The van der Waals surface area contributed by atoms with Crippen LogP contribution in [0.5, 0.6) is 0 Å². The van der Waals surface area contributed by atoms with Gasteiger partial charge in [0, 0.05) is 24.8 Å². The lowest BCUT2D eigenvalue weighted by atomic mass is 9.97. The minimum Gasteiger partial charge on any atom is -0.384 e. The molecule has 0 spiro atoms. The van der Waals surface area contributed by atoms with Crippen LogP contribution in [0.3, 0.4) is 0 Å². The zero-order valence-electron chi connectivity index (χ0n) is 23.0. The molecule has 0 aliphatic carbocycles. The molecule has 5 rings (SSSR count). The number of hydrogen-bond acceptors (Lipinski definition) is 8. The van der Waals surface area contributed by atoms with E-state index in [4.69, 9.17) is 4.98 Å². The molecular formula is C29H39N8O2+. The lowest BCUT2D eigenvalue weighted by Gasteiger charge is -2.28. The predicted octanol–water partition coefficient (Wildman–Crippen LogP) is 2.09. The Morgan fingerprint density at radius 3 is 2.79 bits per heavy atom. The Morgan fingerprint density at radius 2 is 2.00 bits per heavy atom. The number of piperidine rings is 1. The van der Waals surface area contributed by atoms with Crippen LogP contribution in [0.25, 0.3) is 0 Å². The van der Waals surface area contributed by atoms with E-state index in [2.05, 4.69) is 50.0 Å². The SMILES string of the molecule is CN1CCC(CNC(=O)c2cnc(Nc3ccc4c(c3)CCNC4)nc2[NH2+]c2cccc(C(C)(C)O)n2)CC1. The van der Waals surface area contributed by atoms with Crippen LogP contribution >= 0.6 is 0 Å². The van der Waals surface area contributed by atoms with E-state index in [1.54, 1.807) is 31.4 Å². The molecule has 206 valence electrons. The van der Waals surface area contributed by atoms with Gasteiger partial charge in [0.15, 0.2) is 0 Å². The van der Waals surface area contributed by atoms with Gasteiger partial charge >= 0.3 is 0 Å². The summed E-state index contributed by atoms with van der Waals surface area (Å²) in [7, 11) is 2.13. The minimum atomic E-state index is -1.08. The number of amides is 1. The van der Waals surface area contributed by atoms with Crippen LogP contribution in [0, 0.1) is 5.92 Å². The van der Waals surface area contributed by atoms with E-state index in [1.165, 1.54) is 11.1 Å². The van der Waals surface area contributed by atoms with Crippen LogP contribution in [0.4, 0.5) is 23.3 Å². The zero-order valence-corrected chi connectivity index (χ0v) is 23.0. The molecule has 1 saturated heterocycles. The Labute approximate surface area is 229 Å². The van der Waals surface area contributed by atoms with Gasteiger partial charge in [0.2, 0.25) is 17.6 Å². The Bertz CT molecular complexity index is 1310. The minimum absolute atomic E-state index is 0.202. The van der Waals surface area contributed by atoms with Crippen molar-refractivity contribution < 1.29 is 15.2 Å². The quantitative estimate of drug-likeness (QED) is 0.299. The van der Waals surface area contributed by atoms with Crippen LogP contribution < -0.4 is 21.3 Å². The normalized spacial score (nSPS) is 16.5.